The van der Waals surface area contributed by atoms with Crippen LogP contribution in [0.4, 0.5) is 13.2 Å². The number of amides is 4. The summed E-state index contributed by atoms with van der Waals surface area (Å²) in [6.07, 6.45) is -4.78. The number of alkyl halides is 3. The number of imide groups is 2. The van der Waals surface area contributed by atoms with Gasteiger partial charge in [0.1, 0.15) is 6.04 Å². The van der Waals surface area contributed by atoms with Crippen LogP contribution >= 0.6 is 0 Å². The van der Waals surface area contributed by atoms with Gasteiger partial charge in [0.15, 0.2) is 0 Å². The molecule has 30 heavy (non-hydrogen) atoms. The smallest absolute Gasteiger partial charge is 0.475 e. The van der Waals surface area contributed by atoms with Gasteiger partial charge in [-0.15, -0.1) is 0 Å². The summed E-state index contributed by atoms with van der Waals surface area (Å²) in [6.45, 7) is 1.72. The van der Waals surface area contributed by atoms with Crippen LogP contribution in [0.15, 0.2) is 18.2 Å². The molecule has 3 aliphatic rings. The Kier molecular flexibility index (Phi) is 5.61. The van der Waals surface area contributed by atoms with Crippen LogP contribution in [-0.2, 0) is 14.4 Å². The summed E-state index contributed by atoms with van der Waals surface area (Å²) >= 11 is 0. The van der Waals surface area contributed by atoms with Crippen LogP contribution in [0.2, 0.25) is 0 Å². The van der Waals surface area contributed by atoms with Crippen LogP contribution in [0, 0.1) is 0 Å². The Morgan fingerprint density at radius 1 is 1.07 bits per heavy atom. The highest BCUT2D eigenvalue weighted by atomic mass is 19.4. The largest absolute Gasteiger partial charge is 0.490 e. The van der Waals surface area contributed by atoms with Crippen LogP contribution in [0.1, 0.15) is 45.0 Å². The minimum Gasteiger partial charge on any atom is -0.475 e. The summed E-state index contributed by atoms with van der Waals surface area (Å²) in [5.41, 5.74) is 1.70. The zero-order valence-corrected chi connectivity index (χ0v) is 15.3. The number of aliphatic carboxylic acids is 1. The van der Waals surface area contributed by atoms with E-state index >= 15 is 0 Å². The third kappa shape index (κ3) is 4.03. The molecule has 1 unspecified atom stereocenters. The van der Waals surface area contributed by atoms with Gasteiger partial charge in [-0.25, -0.2) is 4.79 Å². The Balaban J connectivity index is 0.000000318. The van der Waals surface area contributed by atoms with Crippen molar-refractivity contribution in [2.24, 2.45) is 0 Å². The Labute approximate surface area is 167 Å². The molecule has 1 aromatic rings. The van der Waals surface area contributed by atoms with E-state index in [1.165, 1.54) is 0 Å². The molecule has 2 saturated heterocycles. The minimum absolute atomic E-state index is 0.128. The fourth-order valence-corrected chi connectivity index (χ4v) is 3.27. The van der Waals surface area contributed by atoms with Gasteiger partial charge in [0, 0.05) is 25.4 Å². The number of halogens is 3. The number of hydrogen-bond acceptors (Lipinski definition) is 6. The van der Waals surface area contributed by atoms with E-state index in [1.807, 2.05) is 6.07 Å². The number of benzene rings is 1. The van der Waals surface area contributed by atoms with Crippen LogP contribution < -0.4 is 10.6 Å². The van der Waals surface area contributed by atoms with Crippen molar-refractivity contribution >= 4 is 29.6 Å². The van der Waals surface area contributed by atoms with Crippen molar-refractivity contribution in [2.75, 3.05) is 13.1 Å². The van der Waals surface area contributed by atoms with E-state index in [-0.39, 0.29) is 18.7 Å². The number of carbonyl (C=O) groups is 5. The van der Waals surface area contributed by atoms with Gasteiger partial charge in [-0.2, -0.15) is 13.2 Å². The molecule has 3 heterocycles. The van der Waals surface area contributed by atoms with Crippen LogP contribution in [0.5, 0.6) is 0 Å². The lowest BCUT2D eigenvalue weighted by molar-refractivity contribution is -0.192. The number of piperidine rings is 1. The molecular formula is C18H16F3N3O6. The molecule has 4 amide bonds. The molecule has 0 bridgehead atoms. The maximum atomic E-state index is 12.6. The summed E-state index contributed by atoms with van der Waals surface area (Å²) in [5, 5.41) is 12.5. The average Bonchev–Trinajstić information content (AvgIpc) is 2.84. The first-order chi connectivity index (χ1) is 14.0. The summed E-state index contributed by atoms with van der Waals surface area (Å²) in [4.78, 5) is 58.3. The Morgan fingerprint density at radius 2 is 1.67 bits per heavy atom. The topological polar surface area (TPSA) is 133 Å². The summed E-state index contributed by atoms with van der Waals surface area (Å²) < 4.78 is 31.7. The molecule has 9 nitrogen and oxygen atoms in total. The molecule has 3 aliphatic heterocycles. The van der Waals surface area contributed by atoms with E-state index in [0.29, 0.717) is 17.0 Å². The SMILES string of the molecule is O=C(O)C(F)(F)F.O=C1CCC(N2C(=O)c3ccc(C4CNC4)cc3C2=O)C(=O)N1. The number of hydrogen-bond donors (Lipinski definition) is 3. The van der Waals surface area contributed by atoms with Crippen molar-refractivity contribution < 1.29 is 42.3 Å². The average molecular weight is 427 g/mol. The molecule has 2 fully saturated rings. The molecule has 0 spiro atoms. The number of nitrogens with one attached hydrogen (secondary N) is 2. The van der Waals surface area contributed by atoms with E-state index in [0.717, 1.165) is 23.6 Å². The normalized spacial score (nSPS) is 21.4. The van der Waals surface area contributed by atoms with Crippen molar-refractivity contribution in [1.29, 1.82) is 0 Å². The number of carbonyl (C=O) groups excluding carboxylic acids is 4. The second-order valence-corrected chi connectivity index (χ2v) is 6.91. The van der Waals surface area contributed by atoms with Gasteiger partial charge in [0.05, 0.1) is 11.1 Å². The third-order valence-electron chi connectivity index (χ3n) is 4.96. The maximum Gasteiger partial charge on any atom is 0.490 e. The predicted molar refractivity (Wildman–Crippen MR) is 92.4 cm³/mol. The van der Waals surface area contributed by atoms with Crippen LogP contribution in [0.3, 0.4) is 0 Å². The zero-order chi connectivity index (χ0) is 22.2. The first-order valence-electron chi connectivity index (χ1n) is 8.87. The van der Waals surface area contributed by atoms with Crippen molar-refractivity contribution in [3.05, 3.63) is 34.9 Å². The van der Waals surface area contributed by atoms with Gasteiger partial charge in [-0.3, -0.25) is 29.4 Å². The molecule has 12 heteroatoms. The van der Waals surface area contributed by atoms with Gasteiger partial charge in [-0.05, 0) is 24.1 Å². The fraction of sp³-hybridized carbons (Fsp3) is 0.389. The zero-order valence-electron chi connectivity index (χ0n) is 15.3. The summed E-state index contributed by atoms with van der Waals surface area (Å²) in [7, 11) is 0. The monoisotopic (exact) mass is 427 g/mol. The lowest BCUT2D eigenvalue weighted by atomic mass is 9.91. The number of nitrogens with zero attached hydrogens (tertiary/aromatic N) is 1. The van der Waals surface area contributed by atoms with Gasteiger partial charge in [0.2, 0.25) is 11.8 Å². The number of carboxylic acid groups (broad SMARTS) is 1. The second-order valence-electron chi connectivity index (χ2n) is 6.91. The van der Waals surface area contributed by atoms with Gasteiger partial charge in [-0.1, -0.05) is 6.07 Å². The molecule has 0 aromatic heterocycles. The summed E-state index contributed by atoms with van der Waals surface area (Å²) in [5.74, 6) is -4.27. The molecule has 4 rings (SSSR count). The summed E-state index contributed by atoms with van der Waals surface area (Å²) in [6, 6.07) is 4.37. The molecule has 0 saturated carbocycles. The maximum absolute atomic E-state index is 12.6. The molecule has 3 N–H and O–H groups in total. The molecule has 160 valence electrons. The van der Waals surface area contributed by atoms with Gasteiger partial charge < -0.3 is 10.4 Å². The third-order valence-corrected chi connectivity index (χ3v) is 4.96. The second kappa shape index (κ2) is 7.86. The molecule has 0 aliphatic carbocycles. The standard InChI is InChI=1S/C16H15N3O4.C2HF3O2/c20-13-4-3-12(14(21)18-13)19-15(22)10-2-1-8(9-6-17-7-9)5-11(10)16(19)23;3-2(4,5)1(6)7/h1-2,5,9,12,17H,3-4,6-7H2,(H,18,20,21);(H,6,7). The lowest BCUT2D eigenvalue weighted by Gasteiger charge is -2.28. The lowest BCUT2D eigenvalue weighted by Crippen LogP contribution is -2.54. The highest BCUT2D eigenvalue weighted by Crippen LogP contribution is 2.30. The molecule has 0 radical (unpaired) electrons. The van der Waals surface area contributed by atoms with Crippen molar-refractivity contribution in [3.63, 3.8) is 0 Å². The molecule has 1 atom stereocenters. The Bertz CT molecular complexity index is 942. The predicted octanol–water partition coefficient (Wildman–Crippen LogP) is 0.408. The highest BCUT2D eigenvalue weighted by molar-refractivity contribution is 6.23. The Morgan fingerprint density at radius 3 is 2.17 bits per heavy atom. The first kappa shape index (κ1) is 21.4. The van der Waals surface area contributed by atoms with Crippen LogP contribution in [-0.4, -0.2) is 64.9 Å². The minimum atomic E-state index is -5.08. The fourth-order valence-electron chi connectivity index (χ4n) is 3.27. The number of carboxylic acids is 1. The van der Waals surface area contributed by atoms with E-state index in [4.69, 9.17) is 9.90 Å². The van der Waals surface area contributed by atoms with E-state index in [1.54, 1.807) is 12.1 Å². The van der Waals surface area contributed by atoms with Crippen molar-refractivity contribution in [1.82, 2.24) is 15.5 Å². The van der Waals surface area contributed by atoms with Crippen molar-refractivity contribution in [3.8, 4) is 0 Å². The number of rotatable bonds is 2. The van der Waals surface area contributed by atoms with E-state index in [9.17, 15) is 32.3 Å². The highest BCUT2D eigenvalue weighted by Gasteiger charge is 2.44. The van der Waals surface area contributed by atoms with Crippen molar-refractivity contribution in [2.45, 2.75) is 31.0 Å². The Hall–Kier alpha value is -3.28. The molecule has 1 aromatic carbocycles. The quantitative estimate of drug-likeness (QED) is 0.582. The van der Waals surface area contributed by atoms with Crippen LogP contribution in [0.25, 0.3) is 0 Å². The van der Waals surface area contributed by atoms with E-state index < -0.39 is 35.9 Å². The first-order valence-corrected chi connectivity index (χ1v) is 8.87. The van der Waals surface area contributed by atoms with Gasteiger partial charge in [0.25, 0.3) is 11.8 Å². The molecular weight excluding hydrogens is 411 g/mol. The van der Waals surface area contributed by atoms with Gasteiger partial charge >= 0.3 is 12.1 Å². The number of fused-ring (bicyclic) bond motifs is 1. The van der Waals surface area contributed by atoms with E-state index in [2.05, 4.69) is 10.6 Å².